The minimum absolute atomic E-state index is 0.186. The molecular weight excluding hydrogens is 302 g/mol. The van der Waals surface area contributed by atoms with E-state index in [0.29, 0.717) is 0 Å². The highest BCUT2D eigenvalue weighted by Crippen LogP contribution is 2.33. The number of hydrogen-bond donors (Lipinski definition) is 2. The second-order valence-electron chi connectivity index (χ2n) is 5.18. The maximum absolute atomic E-state index is 9.12. The van der Waals surface area contributed by atoms with E-state index in [9.17, 15) is 0 Å². The Balaban J connectivity index is 2.35. The SMILES string of the molecule is CCCNc1nc(CSC(C)CO)nc2sc(C)c(C)c12. The molecule has 2 heterocycles. The third kappa shape index (κ3) is 3.87. The van der Waals surface area contributed by atoms with Crippen LogP contribution in [-0.4, -0.2) is 33.5 Å². The molecule has 0 fully saturated rings. The lowest BCUT2D eigenvalue weighted by Gasteiger charge is -2.10. The first-order chi connectivity index (χ1) is 10.1. The van der Waals surface area contributed by atoms with E-state index in [1.165, 1.54) is 10.4 Å². The number of thiophene rings is 1. The van der Waals surface area contributed by atoms with Gasteiger partial charge in [-0.1, -0.05) is 13.8 Å². The molecule has 2 aromatic heterocycles. The average molecular weight is 326 g/mol. The Kier molecular flexibility index (Phi) is 5.84. The maximum Gasteiger partial charge on any atom is 0.142 e. The van der Waals surface area contributed by atoms with Gasteiger partial charge in [0.1, 0.15) is 16.5 Å². The second-order valence-corrected chi connectivity index (χ2v) is 7.81. The van der Waals surface area contributed by atoms with Gasteiger partial charge in [-0.05, 0) is 25.8 Å². The van der Waals surface area contributed by atoms with Gasteiger partial charge in [-0.25, -0.2) is 9.97 Å². The lowest BCUT2D eigenvalue weighted by molar-refractivity contribution is 0.300. The van der Waals surface area contributed by atoms with Crippen molar-refractivity contribution in [3.05, 3.63) is 16.3 Å². The summed E-state index contributed by atoms with van der Waals surface area (Å²) in [6.45, 7) is 9.53. The van der Waals surface area contributed by atoms with Gasteiger partial charge in [0.25, 0.3) is 0 Å². The van der Waals surface area contributed by atoms with Crippen molar-refractivity contribution < 1.29 is 5.11 Å². The molecule has 0 saturated heterocycles. The Morgan fingerprint density at radius 2 is 2.10 bits per heavy atom. The molecule has 0 amide bonds. The summed E-state index contributed by atoms with van der Waals surface area (Å²) in [6.07, 6.45) is 1.07. The number of aryl methyl sites for hydroxylation is 2. The third-order valence-electron chi connectivity index (χ3n) is 3.37. The minimum atomic E-state index is 0.186. The van der Waals surface area contributed by atoms with E-state index in [1.807, 2.05) is 6.92 Å². The van der Waals surface area contributed by atoms with Crippen LogP contribution in [0.3, 0.4) is 0 Å². The van der Waals surface area contributed by atoms with Crippen LogP contribution in [0, 0.1) is 13.8 Å². The molecule has 1 unspecified atom stereocenters. The van der Waals surface area contributed by atoms with Gasteiger partial charge >= 0.3 is 0 Å². The van der Waals surface area contributed by atoms with Crippen LogP contribution >= 0.6 is 23.1 Å². The highest BCUT2D eigenvalue weighted by molar-refractivity contribution is 7.99. The average Bonchev–Trinajstić information content (AvgIpc) is 2.77. The standard InChI is InChI=1S/C15H23N3OS2/c1-5-6-16-14-13-10(3)11(4)21-15(13)18-12(17-14)8-20-9(2)7-19/h9,19H,5-8H2,1-4H3,(H,16,17,18). The normalized spacial score (nSPS) is 12.8. The summed E-state index contributed by atoms with van der Waals surface area (Å²) in [4.78, 5) is 11.8. The van der Waals surface area contributed by atoms with E-state index < -0.39 is 0 Å². The lowest BCUT2D eigenvalue weighted by atomic mass is 10.2. The lowest BCUT2D eigenvalue weighted by Crippen LogP contribution is -2.07. The number of aromatic nitrogens is 2. The Hall–Kier alpha value is -0.850. The monoisotopic (exact) mass is 325 g/mol. The number of hydrogen-bond acceptors (Lipinski definition) is 6. The van der Waals surface area contributed by atoms with Crippen LogP contribution in [0.5, 0.6) is 0 Å². The first-order valence-electron chi connectivity index (χ1n) is 7.29. The van der Waals surface area contributed by atoms with Crippen LogP contribution in [-0.2, 0) is 5.75 Å². The molecule has 1 atom stereocenters. The van der Waals surface area contributed by atoms with Gasteiger partial charge in [0, 0.05) is 16.7 Å². The van der Waals surface area contributed by atoms with E-state index in [1.54, 1.807) is 23.1 Å². The Bertz CT molecular complexity index is 612. The molecule has 0 aliphatic carbocycles. The molecule has 0 aromatic carbocycles. The molecule has 116 valence electrons. The van der Waals surface area contributed by atoms with Crippen LogP contribution in [0.4, 0.5) is 5.82 Å². The van der Waals surface area contributed by atoms with Gasteiger partial charge in [-0.15, -0.1) is 23.1 Å². The highest BCUT2D eigenvalue weighted by atomic mass is 32.2. The zero-order valence-electron chi connectivity index (χ0n) is 13.1. The zero-order valence-corrected chi connectivity index (χ0v) is 14.7. The van der Waals surface area contributed by atoms with Crippen LogP contribution in [0.1, 0.15) is 36.5 Å². The predicted molar refractivity (Wildman–Crippen MR) is 93.5 cm³/mol. The number of aliphatic hydroxyl groups excluding tert-OH is 1. The second kappa shape index (κ2) is 7.42. The van der Waals surface area contributed by atoms with Crippen LogP contribution < -0.4 is 5.32 Å². The number of nitrogens with zero attached hydrogens (tertiary/aromatic N) is 2. The fraction of sp³-hybridized carbons (Fsp3) is 0.600. The van der Waals surface area contributed by atoms with Crippen molar-refractivity contribution in [3.8, 4) is 0 Å². The van der Waals surface area contributed by atoms with Gasteiger partial charge in [-0.3, -0.25) is 0 Å². The highest BCUT2D eigenvalue weighted by Gasteiger charge is 2.14. The van der Waals surface area contributed by atoms with Crippen molar-refractivity contribution in [2.24, 2.45) is 0 Å². The van der Waals surface area contributed by atoms with Gasteiger partial charge in [0.15, 0.2) is 0 Å². The van der Waals surface area contributed by atoms with Crippen molar-refractivity contribution in [3.63, 3.8) is 0 Å². The van der Waals surface area contributed by atoms with E-state index >= 15 is 0 Å². The van der Waals surface area contributed by atoms with Gasteiger partial charge < -0.3 is 10.4 Å². The molecule has 0 saturated carbocycles. The van der Waals surface area contributed by atoms with Crippen molar-refractivity contribution >= 4 is 39.1 Å². The number of anilines is 1. The summed E-state index contributed by atoms with van der Waals surface area (Å²) >= 11 is 3.41. The first-order valence-corrected chi connectivity index (χ1v) is 9.16. The van der Waals surface area contributed by atoms with Crippen LogP contribution in [0.2, 0.25) is 0 Å². The number of thioether (sulfide) groups is 1. The fourth-order valence-electron chi connectivity index (χ4n) is 2.00. The summed E-state index contributed by atoms with van der Waals surface area (Å²) in [5.74, 6) is 2.53. The van der Waals surface area contributed by atoms with Crippen LogP contribution in [0.25, 0.3) is 10.2 Å². The predicted octanol–water partition coefficient (Wildman–Crippen LogP) is 3.74. The molecule has 2 rings (SSSR count). The third-order valence-corrected chi connectivity index (χ3v) is 5.62. The van der Waals surface area contributed by atoms with Crippen molar-refractivity contribution in [2.75, 3.05) is 18.5 Å². The number of rotatable bonds is 7. The van der Waals surface area contributed by atoms with E-state index in [-0.39, 0.29) is 11.9 Å². The first kappa shape index (κ1) is 16.5. The van der Waals surface area contributed by atoms with Gasteiger partial charge in [-0.2, -0.15) is 0 Å². The topological polar surface area (TPSA) is 58.0 Å². The number of nitrogens with one attached hydrogen (secondary N) is 1. The smallest absolute Gasteiger partial charge is 0.142 e. The zero-order chi connectivity index (χ0) is 15.4. The molecule has 2 aromatic rings. The Morgan fingerprint density at radius 1 is 1.33 bits per heavy atom. The summed E-state index contributed by atoms with van der Waals surface area (Å²) in [5, 5.41) is 13.9. The van der Waals surface area contributed by atoms with E-state index in [4.69, 9.17) is 15.1 Å². The fourth-order valence-corrected chi connectivity index (χ4v) is 3.72. The number of fused-ring (bicyclic) bond motifs is 1. The quantitative estimate of drug-likeness (QED) is 0.812. The molecule has 6 heteroatoms. The van der Waals surface area contributed by atoms with Crippen LogP contribution in [0.15, 0.2) is 0 Å². The molecule has 0 aliphatic rings. The molecule has 4 nitrogen and oxygen atoms in total. The number of aliphatic hydroxyl groups is 1. The largest absolute Gasteiger partial charge is 0.395 e. The molecule has 2 N–H and O–H groups in total. The molecule has 21 heavy (non-hydrogen) atoms. The molecule has 0 bridgehead atoms. The van der Waals surface area contributed by atoms with Crippen molar-refractivity contribution in [1.82, 2.24) is 9.97 Å². The Morgan fingerprint density at radius 3 is 2.76 bits per heavy atom. The summed E-state index contributed by atoms with van der Waals surface area (Å²) < 4.78 is 0. The summed E-state index contributed by atoms with van der Waals surface area (Å²) in [5.41, 5.74) is 1.27. The van der Waals surface area contributed by atoms with Gasteiger partial charge in [0.2, 0.25) is 0 Å². The van der Waals surface area contributed by atoms with Crippen molar-refractivity contribution in [2.45, 2.75) is 45.1 Å². The summed E-state index contributed by atoms with van der Waals surface area (Å²) in [6, 6.07) is 0. The molecular formula is C15H23N3OS2. The van der Waals surface area contributed by atoms with E-state index in [2.05, 4.69) is 26.1 Å². The summed E-state index contributed by atoms with van der Waals surface area (Å²) in [7, 11) is 0. The Labute approximate surface area is 134 Å². The maximum atomic E-state index is 9.12. The van der Waals surface area contributed by atoms with E-state index in [0.717, 1.165) is 40.6 Å². The minimum Gasteiger partial charge on any atom is -0.395 e. The molecule has 0 radical (unpaired) electrons. The molecule has 0 aliphatic heterocycles. The van der Waals surface area contributed by atoms with Crippen molar-refractivity contribution in [1.29, 1.82) is 0 Å². The van der Waals surface area contributed by atoms with Gasteiger partial charge in [0.05, 0.1) is 17.7 Å². The molecule has 0 spiro atoms.